The number of hydrogen-bond donors (Lipinski definition) is 1. The van der Waals surface area contributed by atoms with E-state index in [4.69, 9.17) is 0 Å². The Morgan fingerprint density at radius 1 is 1.00 bits per heavy atom. The van der Waals surface area contributed by atoms with Crippen molar-refractivity contribution < 1.29 is 26.0 Å². The van der Waals surface area contributed by atoms with Crippen LogP contribution >= 0.6 is 11.3 Å². The van der Waals surface area contributed by atoms with E-state index in [1.165, 1.54) is 29.5 Å². The highest BCUT2D eigenvalue weighted by Gasteiger charge is 2.39. The largest absolute Gasteiger partial charge is 0.416 e. The molecular formula is C24H25F4N3O2S2. The number of piperazine rings is 1. The number of nitrogens with zero attached hydrogens (tertiary/aromatic N) is 2. The Bertz CT molecular complexity index is 1300. The van der Waals surface area contributed by atoms with Crippen molar-refractivity contribution >= 4 is 37.1 Å². The molecule has 3 aromatic rings. The Kier molecular flexibility index (Phi) is 6.54. The number of sulfonamides is 1. The molecule has 188 valence electrons. The summed E-state index contributed by atoms with van der Waals surface area (Å²) in [5.74, 6) is 0.237. The zero-order valence-electron chi connectivity index (χ0n) is 18.8. The molecule has 1 aromatic heterocycles. The fraction of sp³-hybridized carbons (Fsp3) is 0.417. The van der Waals surface area contributed by atoms with Crippen molar-refractivity contribution in [1.82, 2.24) is 9.62 Å². The topological polar surface area (TPSA) is 52.7 Å². The van der Waals surface area contributed by atoms with E-state index >= 15 is 0 Å². The van der Waals surface area contributed by atoms with Gasteiger partial charge in [-0.25, -0.2) is 17.5 Å². The van der Waals surface area contributed by atoms with E-state index < -0.39 is 27.6 Å². The predicted octanol–water partition coefficient (Wildman–Crippen LogP) is 4.80. The summed E-state index contributed by atoms with van der Waals surface area (Å²) >= 11 is 1.34. The van der Waals surface area contributed by atoms with E-state index in [1.54, 1.807) is 6.07 Å². The molecule has 1 aliphatic heterocycles. The number of hydrogen-bond acceptors (Lipinski definition) is 5. The molecule has 2 fully saturated rings. The van der Waals surface area contributed by atoms with Crippen LogP contribution in [0, 0.1) is 17.7 Å². The summed E-state index contributed by atoms with van der Waals surface area (Å²) in [5.41, 5.74) is 0.361. The van der Waals surface area contributed by atoms with Gasteiger partial charge in [-0.3, -0.25) is 4.90 Å². The van der Waals surface area contributed by atoms with Crippen molar-refractivity contribution in [3.8, 4) is 0 Å². The van der Waals surface area contributed by atoms with Gasteiger partial charge in [-0.05, 0) is 54.7 Å². The van der Waals surface area contributed by atoms with Gasteiger partial charge in [0.15, 0.2) is 0 Å². The summed E-state index contributed by atoms with van der Waals surface area (Å²) in [4.78, 5) is 4.65. The number of anilines is 1. The molecule has 0 spiro atoms. The van der Waals surface area contributed by atoms with Crippen LogP contribution in [0.5, 0.6) is 0 Å². The van der Waals surface area contributed by atoms with Crippen LogP contribution in [0.1, 0.15) is 12.0 Å². The van der Waals surface area contributed by atoms with Gasteiger partial charge in [-0.15, -0.1) is 11.3 Å². The first kappa shape index (κ1) is 24.5. The molecule has 35 heavy (non-hydrogen) atoms. The smallest absolute Gasteiger partial charge is 0.368 e. The number of halogens is 4. The van der Waals surface area contributed by atoms with Crippen molar-refractivity contribution in [3.63, 3.8) is 0 Å². The molecule has 2 atom stereocenters. The molecular weight excluding hydrogens is 502 g/mol. The van der Waals surface area contributed by atoms with Crippen LogP contribution in [0.3, 0.4) is 0 Å². The molecule has 1 N–H and O–H groups in total. The number of benzene rings is 2. The minimum atomic E-state index is -4.34. The SMILES string of the molecule is O=S(=O)(NC[C@@H]1C[C@H]1CN1CCN(c2csc3cc(C(F)(F)F)ccc23)CC1)c1ccc(F)cc1. The van der Waals surface area contributed by atoms with E-state index in [-0.39, 0.29) is 10.8 Å². The van der Waals surface area contributed by atoms with E-state index in [2.05, 4.69) is 14.5 Å². The molecule has 0 radical (unpaired) electrons. The number of thiophene rings is 1. The highest BCUT2D eigenvalue weighted by molar-refractivity contribution is 7.89. The summed E-state index contributed by atoms with van der Waals surface area (Å²) in [6, 6.07) is 8.71. The third-order valence-corrected chi connectivity index (χ3v) is 9.19. The van der Waals surface area contributed by atoms with Crippen molar-refractivity contribution in [2.24, 2.45) is 11.8 Å². The molecule has 2 aliphatic rings. The van der Waals surface area contributed by atoms with E-state index in [1.807, 2.05) is 5.38 Å². The van der Waals surface area contributed by atoms with Gasteiger partial charge in [-0.1, -0.05) is 6.07 Å². The van der Waals surface area contributed by atoms with Gasteiger partial charge in [0.25, 0.3) is 0 Å². The quantitative estimate of drug-likeness (QED) is 0.449. The van der Waals surface area contributed by atoms with Gasteiger partial charge in [0.05, 0.1) is 16.1 Å². The fourth-order valence-corrected chi connectivity index (χ4v) is 6.74. The lowest BCUT2D eigenvalue weighted by Crippen LogP contribution is -2.47. The van der Waals surface area contributed by atoms with Crippen LogP contribution in [0.25, 0.3) is 10.1 Å². The molecule has 1 saturated heterocycles. The molecule has 1 aliphatic carbocycles. The maximum Gasteiger partial charge on any atom is 0.416 e. The minimum absolute atomic E-state index is 0.0582. The van der Waals surface area contributed by atoms with Gasteiger partial charge in [0, 0.05) is 54.7 Å². The molecule has 1 saturated carbocycles. The predicted molar refractivity (Wildman–Crippen MR) is 129 cm³/mol. The second-order valence-electron chi connectivity index (χ2n) is 9.18. The van der Waals surface area contributed by atoms with E-state index in [9.17, 15) is 26.0 Å². The lowest BCUT2D eigenvalue weighted by Gasteiger charge is -2.36. The zero-order valence-corrected chi connectivity index (χ0v) is 20.4. The minimum Gasteiger partial charge on any atom is -0.368 e. The van der Waals surface area contributed by atoms with Gasteiger partial charge in [0.2, 0.25) is 10.0 Å². The molecule has 0 amide bonds. The average Bonchev–Trinajstić information content (AvgIpc) is 3.42. The van der Waals surface area contributed by atoms with Crippen LogP contribution in [-0.2, 0) is 16.2 Å². The molecule has 2 aromatic carbocycles. The second kappa shape index (κ2) is 9.34. The van der Waals surface area contributed by atoms with Crippen LogP contribution in [0.4, 0.5) is 23.2 Å². The van der Waals surface area contributed by atoms with Crippen molar-refractivity contribution in [3.05, 3.63) is 59.2 Å². The third-order valence-electron chi connectivity index (χ3n) is 6.82. The fourth-order valence-electron chi connectivity index (χ4n) is 4.64. The summed E-state index contributed by atoms with van der Waals surface area (Å²) < 4.78 is 80.1. The summed E-state index contributed by atoms with van der Waals surface area (Å²) in [6.45, 7) is 4.55. The Morgan fingerprint density at radius 2 is 1.71 bits per heavy atom. The van der Waals surface area contributed by atoms with Gasteiger partial charge >= 0.3 is 6.18 Å². The van der Waals surface area contributed by atoms with Gasteiger partial charge in [0.1, 0.15) is 5.82 Å². The average molecular weight is 528 g/mol. The van der Waals surface area contributed by atoms with E-state index in [0.717, 1.165) is 68.4 Å². The van der Waals surface area contributed by atoms with Crippen molar-refractivity contribution in [1.29, 1.82) is 0 Å². The standard InChI is InChI=1S/C24H25F4N3O2S2/c25-19-2-4-20(5-3-19)35(32,33)29-13-16-11-17(16)14-30-7-9-31(10-8-30)22-15-34-23-12-18(24(26,27)28)1-6-21(22)23/h1-6,12,15-17,29H,7-11,13-14H2/t16-,17-/m0/s1. The molecule has 11 heteroatoms. The van der Waals surface area contributed by atoms with Crippen LogP contribution < -0.4 is 9.62 Å². The number of alkyl halides is 3. The highest BCUT2D eigenvalue weighted by Crippen LogP contribution is 2.40. The first-order valence-corrected chi connectivity index (χ1v) is 13.8. The third kappa shape index (κ3) is 5.47. The number of nitrogens with one attached hydrogen (secondary N) is 1. The lowest BCUT2D eigenvalue weighted by atomic mass is 10.1. The van der Waals surface area contributed by atoms with E-state index in [0.29, 0.717) is 17.2 Å². The van der Waals surface area contributed by atoms with Gasteiger partial charge < -0.3 is 4.90 Å². The van der Waals surface area contributed by atoms with Crippen LogP contribution in [0.15, 0.2) is 52.7 Å². The van der Waals surface area contributed by atoms with Gasteiger partial charge in [-0.2, -0.15) is 13.2 Å². The maximum absolute atomic E-state index is 13.0. The Morgan fingerprint density at radius 3 is 2.40 bits per heavy atom. The molecule has 0 bridgehead atoms. The second-order valence-corrected chi connectivity index (χ2v) is 11.9. The van der Waals surface area contributed by atoms with Crippen LogP contribution in [-0.4, -0.2) is 52.6 Å². The van der Waals surface area contributed by atoms with Crippen molar-refractivity contribution in [2.75, 3.05) is 44.2 Å². The van der Waals surface area contributed by atoms with Crippen molar-refractivity contribution in [2.45, 2.75) is 17.5 Å². The molecule has 2 heterocycles. The Hall–Kier alpha value is -2.21. The van der Waals surface area contributed by atoms with Crippen LogP contribution in [0.2, 0.25) is 0 Å². The zero-order chi connectivity index (χ0) is 24.8. The molecule has 5 nitrogen and oxygen atoms in total. The lowest BCUT2D eigenvalue weighted by molar-refractivity contribution is -0.137. The Labute approximate surface area is 205 Å². The normalized spacial score (nSPS) is 21.5. The number of fused-ring (bicyclic) bond motifs is 1. The first-order valence-electron chi connectivity index (χ1n) is 11.4. The number of rotatable bonds is 7. The monoisotopic (exact) mass is 527 g/mol. The Balaban J connectivity index is 1.10. The maximum atomic E-state index is 13.0. The molecule has 5 rings (SSSR count). The summed E-state index contributed by atoms with van der Waals surface area (Å²) in [6.07, 6.45) is -3.38. The molecule has 0 unspecified atom stereocenters. The summed E-state index contributed by atoms with van der Waals surface area (Å²) in [5, 5.41) is 2.79. The summed E-state index contributed by atoms with van der Waals surface area (Å²) in [7, 11) is -3.65. The first-order chi connectivity index (χ1) is 16.6. The highest BCUT2D eigenvalue weighted by atomic mass is 32.2.